The largest absolute Gasteiger partial charge is 0.466 e. The zero-order valence-electron chi connectivity index (χ0n) is 36.7. The van der Waals surface area contributed by atoms with Gasteiger partial charge in [0.05, 0.1) is 6.61 Å². The molecule has 0 radical (unpaired) electrons. The van der Waals surface area contributed by atoms with E-state index in [0.717, 1.165) is 19.3 Å². The maximum Gasteiger partial charge on any atom is 0.305 e. The standard InChI is InChI=1S/C51H98O2/c1-3-5-7-9-11-13-15-17-19-21-22-23-24-25-26-27-28-29-30-31-32-33-34-35-37-39-41-43-45-47-49-51(52)53-50-48-46-44-42-40-38-36-20-18-16-14-12-10-8-6-4-2/h12,14,18,20H,3-11,13,15-17,19,21-50H2,1-2H3/b14-12-,20-18+. The summed E-state index contributed by atoms with van der Waals surface area (Å²) in [6.07, 6.45) is 67.5. The molecule has 0 saturated carbocycles. The molecule has 314 valence electrons. The normalized spacial score (nSPS) is 11.8. The molecule has 0 aromatic rings. The Balaban J connectivity index is 3.17. The fourth-order valence-corrected chi connectivity index (χ4v) is 7.64. The molecule has 0 aliphatic rings. The van der Waals surface area contributed by atoms with Gasteiger partial charge in [-0.25, -0.2) is 0 Å². The number of rotatable bonds is 46. The first-order valence-corrected chi connectivity index (χ1v) is 24.8. The molecule has 53 heavy (non-hydrogen) atoms. The molecular weight excluding hydrogens is 645 g/mol. The Morgan fingerprint density at radius 2 is 0.585 bits per heavy atom. The molecule has 0 spiro atoms. The van der Waals surface area contributed by atoms with Crippen molar-refractivity contribution in [3.8, 4) is 0 Å². The minimum Gasteiger partial charge on any atom is -0.466 e. The molecular formula is C51H98O2. The van der Waals surface area contributed by atoms with Crippen molar-refractivity contribution in [1.82, 2.24) is 0 Å². The van der Waals surface area contributed by atoms with Crippen molar-refractivity contribution in [3.05, 3.63) is 24.3 Å². The summed E-state index contributed by atoms with van der Waals surface area (Å²) in [5.74, 6) is 0.0211. The Morgan fingerprint density at radius 3 is 0.943 bits per heavy atom. The lowest BCUT2D eigenvalue weighted by Crippen LogP contribution is -2.05. The van der Waals surface area contributed by atoms with Crippen LogP contribution in [-0.2, 0) is 9.53 Å². The Kier molecular flexibility index (Phi) is 48.0. The first-order valence-electron chi connectivity index (χ1n) is 24.8. The molecule has 0 unspecified atom stereocenters. The predicted molar refractivity (Wildman–Crippen MR) is 239 cm³/mol. The molecule has 0 atom stereocenters. The maximum absolute atomic E-state index is 12.0. The van der Waals surface area contributed by atoms with E-state index in [4.69, 9.17) is 4.74 Å². The molecule has 0 aliphatic heterocycles. The number of hydrogen-bond acceptors (Lipinski definition) is 2. The average Bonchev–Trinajstić information content (AvgIpc) is 3.16. The van der Waals surface area contributed by atoms with Crippen LogP contribution < -0.4 is 0 Å². The topological polar surface area (TPSA) is 26.3 Å². The van der Waals surface area contributed by atoms with Crippen LogP contribution in [0.3, 0.4) is 0 Å². The van der Waals surface area contributed by atoms with Crippen LogP contribution in [0.1, 0.15) is 290 Å². The minimum absolute atomic E-state index is 0.0211. The Hall–Kier alpha value is -1.05. The molecule has 0 fully saturated rings. The Labute approximate surface area is 335 Å². The summed E-state index contributed by atoms with van der Waals surface area (Å²) < 4.78 is 5.47. The van der Waals surface area contributed by atoms with Gasteiger partial charge < -0.3 is 4.74 Å². The molecule has 2 nitrogen and oxygen atoms in total. The van der Waals surface area contributed by atoms with Crippen molar-refractivity contribution in [2.45, 2.75) is 290 Å². The van der Waals surface area contributed by atoms with Gasteiger partial charge in [-0.15, -0.1) is 0 Å². The van der Waals surface area contributed by atoms with Crippen LogP contribution in [-0.4, -0.2) is 12.6 Å². The third-order valence-corrected chi connectivity index (χ3v) is 11.3. The summed E-state index contributed by atoms with van der Waals surface area (Å²) in [4.78, 5) is 12.0. The first-order chi connectivity index (χ1) is 26.3. The van der Waals surface area contributed by atoms with Crippen LogP contribution >= 0.6 is 0 Å². The van der Waals surface area contributed by atoms with Gasteiger partial charge in [0.15, 0.2) is 0 Å². The molecule has 0 heterocycles. The number of hydrogen-bond donors (Lipinski definition) is 0. The highest BCUT2D eigenvalue weighted by Gasteiger charge is 2.03. The van der Waals surface area contributed by atoms with E-state index in [1.54, 1.807) is 0 Å². The Bertz CT molecular complexity index is 724. The van der Waals surface area contributed by atoms with Gasteiger partial charge in [-0.1, -0.05) is 263 Å². The molecule has 0 aromatic carbocycles. The highest BCUT2D eigenvalue weighted by molar-refractivity contribution is 5.69. The second kappa shape index (κ2) is 49.0. The van der Waals surface area contributed by atoms with Crippen molar-refractivity contribution >= 4 is 5.97 Å². The van der Waals surface area contributed by atoms with Crippen molar-refractivity contribution < 1.29 is 9.53 Å². The Morgan fingerprint density at radius 1 is 0.321 bits per heavy atom. The van der Waals surface area contributed by atoms with Gasteiger partial charge in [0.25, 0.3) is 0 Å². The van der Waals surface area contributed by atoms with Gasteiger partial charge in [0, 0.05) is 6.42 Å². The second-order valence-electron chi connectivity index (χ2n) is 16.8. The van der Waals surface area contributed by atoms with Gasteiger partial charge in [0.2, 0.25) is 0 Å². The summed E-state index contributed by atoms with van der Waals surface area (Å²) in [6, 6.07) is 0. The van der Waals surface area contributed by atoms with Gasteiger partial charge in [-0.2, -0.15) is 0 Å². The molecule has 0 N–H and O–H groups in total. The van der Waals surface area contributed by atoms with Crippen molar-refractivity contribution in [2.24, 2.45) is 0 Å². The van der Waals surface area contributed by atoms with E-state index in [1.807, 2.05) is 0 Å². The molecule has 0 rings (SSSR count). The van der Waals surface area contributed by atoms with Gasteiger partial charge in [-0.3, -0.25) is 4.79 Å². The van der Waals surface area contributed by atoms with E-state index in [9.17, 15) is 4.79 Å². The molecule has 0 aliphatic carbocycles. The van der Waals surface area contributed by atoms with Crippen LogP contribution in [0.25, 0.3) is 0 Å². The van der Waals surface area contributed by atoms with Crippen molar-refractivity contribution in [1.29, 1.82) is 0 Å². The molecule has 2 heteroatoms. The molecule has 0 amide bonds. The van der Waals surface area contributed by atoms with Crippen LogP contribution in [0, 0.1) is 0 Å². The van der Waals surface area contributed by atoms with Crippen LogP contribution in [0.2, 0.25) is 0 Å². The monoisotopic (exact) mass is 743 g/mol. The fourth-order valence-electron chi connectivity index (χ4n) is 7.64. The van der Waals surface area contributed by atoms with Crippen molar-refractivity contribution in [3.63, 3.8) is 0 Å². The van der Waals surface area contributed by atoms with Crippen LogP contribution in [0.15, 0.2) is 24.3 Å². The number of unbranched alkanes of at least 4 members (excludes halogenated alkanes) is 38. The van der Waals surface area contributed by atoms with Crippen LogP contribution in [0.4, 0.5) is 0 Å². The van der Waals surface area contributed by atoms with Gasteiger partial charge in [-0.05, 0) is 44.9 Å². The lowest BCUT2D eigenvalue weighted by Gasteiger charge is -2.06. The number of esters is 1. The van der Waals surface area contributed by atoms with Crippen molar-refractivity contribution in [2.75, 3.05) is 6.61 Å². The third-order valence-electron chi connectivity index (χ3n) is 11.3. The molecule has 0 aromatic heterocycles. The van der Waals surface area contributed by atoms with Gasteiger partial charge >= 0.3 is 5.97 Å². The number of carbonyl (C=O) groups excluding carboxylic acids is 1. The highest BCUT2D eigenvalue weighted by Crippen LogP contribution is 2.17. The fraction of sp³-hybridized carbons (Fsp3) is 0.902. The van der Waals surface area contributed by atoms with E-state index < -0.39 is 0 Å². The summed E-state index contributed by atoms with van der Waals surface area (Å²) in [7, 11) is 0. The lowest BCUT2D eigenvalue weighted by molar-refractivity contribution is -0.143. The van der Waals surface area contributed by atoms with Crippen LogP contribution in [0.5, 0.6) is 0 Å². The summed E-state index contributed by atoms with van der Waals surface area (Å²) in [5, 5.41) is 0. The predicted octanol–water partition coefficient (Wildman–Crippen LogP) is 18.5. The summed E-state index contributed by atoms with van der Waals surface area (Å²) in [5.41, 5.74) is 0. The summed E-state index contributed by atoms with van der Waals surface area (Å²) >= 11 is 0. The maximum atomic E-state index is 12.0. The van der Waals surface area contributed by atoms with E-state index >= 15 is 0 Å². The molecule has 0 bridgehead atoms. The zero-order chi connectivity index (χ0) is 38.2. The third kappa shape index (κ3) is 48.9. The minimum atomic E-state index is 0.0211. The average molecular weight is 743 g/mol. The smallest absolute Gasteiger partial charge is 0.305 e. The molecule has 0 saturated heterocycles. The highest BCUT2D eigenvalue weighted by atomic mass is 16.5. The quantitative estimate of drug-likeness (QED) is 0.0353. The lowest BCUT2D eigenvalue weighted by atomic mass is 10.0. The number of allylic oxidation sites excluding steroid dienone is 4. The second-order valence-corrected chi connectivity index (χ2v) is 16.8. The number of ether oxygens (including phenoxy) is 1. The van der Waals surface area contributed by atoms with Gasteiger partial charge in [0.1, 0.15) is 0 Å². The SMILES string of the molecule is CCCCC/C=C\C/C=C/CCCCCCCCOC(=O)CCCCCCCCCCCCCCCCCCCCCCCCCCCCCCCC. The van der Waals surface area contributed by atoms with E-state index in [-0.39, 0.29) is 5.97 Å². The van der Waals surface area contributed by atoms with E-state index in [0.29, 0.717) is 13.0 Å². The summed E-state index contributed by atoms with van der Waals surface area (Å²) in [6.45, 7) is 5.18. The first kappa shape index (κ1) is 52.0. The van der Waals surface area contributed by atoms with E-state index in [1.165, 1.54) is 250 Å². The number of carbonyl (C=O) groups is 1. The van der Waals surface area contributed by atoms with E-state index in [2.05, 4.69) is 38.2 Å². The zero-order valence-corrected chi connectivity index (χ0v) is 36.7.